The monoisotopic (exact) mass is 372 g/mol. The van der Waals surface area contributed by atoms with Gasteiger partial charge in [-0.2, -0.15) is 0 Å². The molecule has 4 nitrogen and oxygen atoms in total. The highest BCUT2D eigenvalue weighted by Crippen LogP contribution is 2.27. The summed E-state index contributed by atoms with van der Waals surface area (Å²) in [5.74, 6) is -0.0255. The van der Waals surface area contributed by atoms with Gasteiger partial charge in [0, 0.05) is 17.7 Å². The molecule has 0 saturated carbocycles. The fourth-order valence-corrected chi connectivity index (χ4v) is 4.02. The number of aromatic amines is 1. The Balaban J connectivity index is 1.62. The molecule has 0 radical (unpaired) electrons. The van der Waals surface area contributed by atoms with Crippen molar-refractivity contribution in [3.63, 3.8) is 0 Å². The second-order valence-corrected chi connectivity index (χ2v) is 7.38. The topological polar surface area (TPSA) is 62.0 Å². The lowest BCUT2D eigenvalue weighted by Gasteiger charge is -2.19. The zero-order valence-electron chi connectivity index (χ0n) is 16.0. The number of hydrogen-bond donors (Lipinski definition) is 2. The standard InChI is InChI=1S/C24H24N2O2/c1-16-22-19(13-8-14-21(22)27)25-23(16)24(28)26-20(18-11-6-3-7-12-18)15-17-9-4-2-5-10-17/h2-7,9-12,20,25H,8,13-15H2,1H3,(H,26,28)/t20-/m0/s1. The maximum Gasteiger partial charge on any atom is 0.268 e. The van der Waals surface area contributed by atoms with Gasteiger partial charge in [-0.3, -0.25) is 9.59 Å². The number of H-pyrrole nitrogens is 1. The van der Waals surface area contributed by atoms with Crippen LogP contribution >= 0.6 is 0 Å². The molecule has 0 bridgehead atoms. The van der Waals surface area contributed by atoms with Crippen LogP contribution in [0.25, 0.3) is 0 Å². The number of benzene rings is 2. The molecule has 0 aliphatic heterocycles. The Kier molecular flexibility index (Phi) is 5.11. The maximum absolute atomic E-state index is 13.1. The van der Waals surface area contributed by atoms with Gasteiger partial charge < -0.3 is 10.3 Å². The highest BCUT2D eigenvalue weighted by atomic mass is 16.2. The minimum Gasteiger partial charge on any atom is -0.354 e. The summed E-state index contributed by atoms with van der Waals surface area (Å²) in [5, 5.41) is 3.18. The molecule has 4 rings (SSSR count). The number of aromatic nitrogens is 1. The smallest absolute Gasteiger partial charge is 0.268 e. The van der Waals surface area contributed by atoms with Gasteiger partial charge >= 0.3 is 0 Å². The molecule has 0 saturated heterocycles. The van der Waals surface area contributed by atoms with Crippen molar-refractivity contribution in [1.82, 2.24) is 10.3 Å². The third-order valence-electron chi connectivity index (χ3n) is 5.45. The van der Waals surface area contributed by atoms with Crippen molar-refractivity contribution in [3.05, 3.63) is 94.3 Å². The lowest BCUT2D eigenvalue weighted by atomic mass is 9.93. The molecular formula is C24H24N2O2. The second-order valence-electron chi connectivity index (χ2n) is 7.38. The Morgan fingerprint density at radius 1 is 1.04 bits per heavy atom. The normalized spacial score (nSPS) is 14.4. The molecule has 142 valence electrons. The van der Waals surface area contributed by atoms with Gasteiger partial charge in [0.1, 0.15) is 5.69 Å². The summed E-state index contributed by atoms with van der Waals surface area (Å²) < 4.78 is 0. The molecule has 1 aromatic heterocycles. The molecule has 0 unspecified atom stereocenters. The van der Waals surface area contributed by atoms with E-state index in [1.807, 2.05) is 55.5 Å². The molecule has 0 fully saturated rings. The van der Waals surface area contributed by atoms with Crippen LogP contribution in [-0.4, -0.2) is 16.7 Å². The predicted molar refractivity (Wildman–Crippen MR) is 110 cm³/mol. The van der Waals surface area contributed by atoms with Gasteiger partial charge in [0.15, 0.2) is 5.78 Å². The minimum absolute atomic E-state index is 0.137. The quantitative estimate of drug-likeness (QED) is 0.690. The van der Waals surface area contributed by atoms with Crippen molar-refractivity contribution >= 4 is 11.7 Å². The first-order valence-corrected chi connectivity index (χ1v) is 9.78. The predicted octanol–water partition coefficient (Wildman–Crippen LogP) is 4.56. The molecule has 1 atom stereocenters. The number of carbonyl (C=O) groups excluding carboxylic acids is 2. The van der Waals surface area contributed by atoms with Gasteiger partial charge in [0.05, 0.1) is 6.04 Å². The van der Waals surface area contributed by atoms with Crippen molar-refractivity contribution < 1.29 is 9.59 Å². The number of nitrogens with one attached hydrogen (secondary N) is 2. The maximum atomic E-state index is 13.1. The van der Waals surface area contributed by atoms with Crippen LogP contribution in [0, 0.1) is 6.92 Å². The third kappa shape index (κ3) is 3.63. The molecule has 0 spiro atoms. The summed E-state index contributed by atoms with van der Waals surface area (Å²) in [4.78, 5) is 28.6. The number of fused-ring (bicyclic) bond motifs is 1. The highest BCUT2D eigenvalue weighted by Gasteiger charge is 2.27. The van der Waals surface area contributed by atoms with Crippen LogP contribution in [-0.2, 0) is 12.8 Å². The minimum atomic E-state index is -0.163. The van der Waals surface area contributed by atoms with E-state index in [9.17, 15) is 9.59 Å². The van der Waals surface area contributed by atoms with E-state index in [1.54, 1.807) is 0 Å². The Labute approximate surface area is 165 Å². The highest BCUT2D eigenvalue weighted by molar-refractivity contribution is 6.04. The number of Topliss-reactive ketones (excluding diaryl/α,β-unsaturated/α-hetero) is 1. The molecular weight excluding hydrogens is 348 g/mol. The number of carbonyl (C=O) groups is 2. The van der Waals surface area contributed by atoms with Crippen molar-refractivity contribution in [3.8, 4) is 0 Å². The molecule has 4 heteroatoms. The Bertz CT molecular complexity index is 990. The number of amides is 1. The average molecular weight is 372 g/mol. The van der Waals surface area contributed by atoms with E-state index in [4.69, 9.17) is 0 Å². The molecule has 2 aromatic carbocycles. The van der Waals surface area contributed by atoms with Gasteiger partial charge in [0.2, 0.25) is 0 Å². The molecule has 1 heterocycles. The number of hydrogen-bond acceptors (Lipinski definition) is 2. The third-order valence-corrected chi connectivity index (χ3v) is 5.45. The van der Waals surface area contributed by atoms with Gasteiger partial charge in [-0.25, -0.2) is 0 Å². The lowest BCUT2D eigenvalue weighted by Crippen LogP contribution is -2.30. The molecule has 3 aromatic rings. The zero-order chi connectivity index (χ0) is 19.5. The number of rotatable bonds is 5. The Hall–Kier alpha value is -3.14. The van der Waals surface area contributed by atoms with E-state index in [-0.39, 0.29) is 17.7 Å². The van der Waals surface area contributed by atoms with Crippen LogP contribution in [0.4, 0.5) is 0 Å². The van der Waals surface area contributed by atoms with Gasteiger partial charge in [-0.05, 0) is 42.9 Å². The zero-order valence-corrected chi connectivity index (χ0v) is 16.0. The van der Waals surface area contributed by atoms with Crippen molar-refractivity contribution in [2.45, 2.75) is 38.6 Å². The van der Waals surface area contributed by atoms with E-state index >= 15 is 0 Å². The largest absolute Gasteiger partial charge is 0.354 e. The summed E-state index contributed by atoms with van der Waals surface area (Å²) >= 11 is 0. The summed E-state index contributed by atoms with van der Waals surface area (Å²) in [7, 11) is 0. The fraction of sp³-hybridized carbons (Fsp3) is 0.250. The second kappa shape index (κ2) is 7.85. The summed E-state index contributed by atoms with van der Waals surface area (Å²) in [6, 6.07) is 20.0. The van der Waals surface area contributed by atoms with E-state index in [0.717, 1.165) is 40.8 Å². The van der Waals surface area contributed by atoms with Crippen LogP contribution in [0.5, 0.6) is 0 Å². The summed E-state index contributed by atoms with van der Waals surface area (Å²) in [6.45, 7) is 1.86. The van der Waals surface area contributed by atoms with Gasteiger partial charge in [-0.1, -0.05) is 60.7 Å². The van der Waals surface area contributed by atoms with Crippen LogP contribution in [0.15, 0.2) is 60.7 Å². The van der Waals surface area contributed by atoms with E-state index in [2.05, 4.69) is 22.4 Å². The Morgan fingerprint density at radius 3 is 2.39 bits per heavy atom. The Morgan fingerprint density at radius 2 is 1.71 bits per heavy atom. The van der Waals surface area contributed by atoms with E-state index < -0.39 is 0 Å². The first-order valence-electron chi connectivity index (χ1n) is 9.78. The van der Waals surface area contributed by atoms with Crippen molar-refractivity contribution in [1.29, 1.82) is 0 Å². The van der Waals surface area contributed by atoms with Crippen LogP contribution < -0.4 is 5.32 Å². The molecule has 28 heavy (non-hydrogen) atoms. The van der Waals surface area contributed by atoms with Crippen molar-refractivity contribution in [2.24, 2.45) is 0 Å². The van der Waals surface area contributed by atoms with E-state index in [1.165, 1.54) is 0 Å². The fourth-order valence-electron chi connectivity index (χ4n) is 4.02. The number of aryl methyl sites for hydroxylation is 1. The summed E-state index contributed by atoms with van der Waals surface area (Å²) in [5.41, 5.74) is 5.12. The van der Waals surface area contributed by atoms with Gasteiger partial charge in [0.25, 0.3) is 5.91 Å². The molecule has 1 aliphatic rings. The van der Waals surface area contributed by atoms with E-state index in [0.29, 0.717) is 18.5 Å². The molecule has 1 aliphatic carbocycles. The summed E-state index contributed by atoms with van der Waals surface area (Å²) in [6.07, 6.45) is 2.93. The molecule has 1 amide bonds. The van der Waals surface area contributed by atoms with Crippen LogP contribution in [0.1, 0.15) is 62.1 Å². The first kappa shape index (κ1) is 18.2. The van der Waals surface area contributed by atoms with Gasteiger partial charge in [-0.15, -0.1) is 0 Å². The van der Waals surface area contributed by atoms with Crippen molar-refractivity contribution in [2.75, 3.05) is 0 Å². The SMILES string of the molecule is Cc1c(C(=O)N[C@@H](Cc2ccccc2)c2ccccc2)[nH]c2c1C(=O)CCC2. The first-order chi connectivity index (χ1) is 13.6. The van der Waals surface area contributed by atoms with Crippen LogP contribution in [0.3, 0.4) is 0 Å². The lowest BCUT2D eigenvalue weighted by molar-refractivity contribution is 0.0930. The average Bonchev–Trinajstić information content (AvgIpc) is 3.07. The molecule has 2 N–H and O–H groups in total. The number of ketones is 1. The van der Waals surface area contributed by atoms with Crippen LogP contribution in [0.2, 0.25) is 0 Å².